The molecule has 2 unspecified atom stereocenters. The minimum absolute atomic E-state index is 0.443. The number of nitriles is 4. The molecule has 0 radical (unpaired) electrons. The fourth-order valence-corrected chi connectivity index (χ4v) is 3.17. The molecule has 4 heteroatoms. The van der Waals surface area contributed by atoms with Crippen LogP contribution in [0.1, 0.15) is 13.8 Å². The minimum atomic E-state index is -1.59. The third kappa shape index (κ3) is 0.924. The molecule has 1 fully saturated rings. The highest BCUT2D eigenvalue weighted by atomic mass is 14.7. The first-order valence-corrected chi connectivity index (χ1v) is 5.55. The summed E-state index contributed by atoms with van der Waals surface area (Å²) in [4.78, 5) is 0. The maximum Gasteiger partial charge on any atom is 0.186 e. The van der Waals surface area contributed by atoms with E-state index in [-0.39, 0.29) is 0 Å². The van der Waals surface area contributed by atoms with E-state index in [4.69, 9.17) is 0 Å². The van der Waals surface area contributed by atoms with E-state index in [1.165, 1.54) is 0 Å². The van der Waals surface area contributed by atoms with E-state index in [0.29, 0.717) is 0 Å². The van der Waals surface area contributed by atoms with Gasteiger partial charge >= 0.3 is 0 Å². The molecule has 0 aromatic rings. The molecule has 18 heavy (non-hydrogen) atoms. The van der Waals surface area contributed by atoms with Crippen molar-refractivity contribution in [2.45, 2.75) is 13.8 Å². The third-order valence-corrected chi connectivity index (χ3v) is 4.00. The predicted molar refractivity (Wildman–Crippen MR) is 61.8 cm³/mol. The number of allylic oxidation sites excluding steroid dienone is 4. The van der Waals surface area contributed by atoms with E-state index in [1.807, 2.05) is 38.1 Å². The highest BCUT2D eigenvalue weighted by molar-refractivity contribution is 5.56. The Hall–Kier alpha value is -2.56. The molecule has 2 bridgehead atoms. The summed E-state index contributed by atoms with van der Waals surface area (Å²) in [6, 6.07) is 7.78. The van der Waals surface area contributed by atoms with Gasteiger partial charge in [0.1, 0.15) is 0 Å². The molecule has 0 amide bonds. The summed E-state index contributed by atoms with van der Waals surface area (Å²) in [6.07, 6.45) is 3.57. The summed E-state index contributed by atoms with van der Waals surface area (Å²) in [5.41, 5.74) is -1.34. The molecule has 86 valence electrons. The molecule has 0 N–H and O–H groups in total. The monoisotopic (exact) mass is 234 g/mol. The van der Waals surface area contributed by atoms with Crippen LogP contribution < -0.4 is 0 Å². The number of fused-ring (bicyclic) bond motifs is 2. The summed E-state index contributed by atoms with van der Waals surface area (Å²) in [6.45, 7) is 3.76. The van der Waals surface area contributed by atoms with Gasteiger partial charge in [-0.15, -0.1) is 0 Å². The first-order chi connectivity index (χ1) is 8.54. The van der Waals surface area contributed by atoms with Gasteiger partial charge in [-0.05, 0) is 13.8 Å². The first-order valence-electron chi connectivity index (χ1n) is 5.55. The van der Waals surface area contributed by atoms with Crippen LogP contribution in [0.3, 0.4) is 0 Å². The van der Waals surface area contributed by atoms with E-state index in [2.05, 4.69) is 0 Å². The van der Waals surface area contributed by atoms with Crippen molar-refractivity contribution in [3.63, 3.8) is 0 Å². The maximum atomic E-state index is 9.40. The van der Waals surface area contributed by atoms with E-state index in [1.54, 1.807) is 12.2 Å². The van der Waals surface area contributed by atoms with Crippen molar-refractivity contribution in [3.8, 4) is 24.3 Å². The second kappa shape index (κ2) is 3.46. The van der Waals surface area contributed by atoms with Crippen molar-refractivity contribution < 1.29 is 0 Å². The lowest BCUT2D eigenvalue weighted by Gasteiger charge is -2.30. The van der Waals surface area contributed by atoms with Crippen LogP contribution in [-0.2, 0) is 0 Å². The van der Waals surface area contributed by atoms with Crippen molar-refractivity contribution in [2.24, 2.45) is 22.7 Å². The van der Waals surface area contributed by atoms with Crippen LogP contribution in [0.5, 0.6) is 0 Å². The summed E-state index contributed by atoms with van der Waals surface area (Å²) in [5.74, 6) is -0.886. The molecular formula is C14H10N4. The standard InChI is InChI=1S/C14H10N4/c1-9(2)12-10-3-4-11(12)14(7-17,8-18)13(10,5-15)6-16/h3-4,10-11H,1-2H3. The zero-order valence-electron chi connectivity index (χ0n) is 10.1. The normalized spacial score (nSPS) is 28.9. The van der Waals surface area contributed by atoms with Crippen LogP contribution >= 0.6 is 0 Å². The largest absolute Gasteiger partial charge is 0.196 e. The molecule has 0 aromatic carbocycles. The van der Waals surface area contributed by atoms with Crippen molar-refractivity contribution >= 4 is 0 Å². The lowest BCUT2D eigenvalue weighted by Crippen LogP contribution is -2.41. The van der Waals surface area contributed by atoms with Gasteiger partial charge in [-0.3, -0.25) is 0 Å². The zero-order valence-corrected chi connectivity index (χ0v) is 10.1. The molecule has 2 rings (SSSR count). The Bertz CT molecular complexity index is 557. The highest BCUT2D eigenvalue weighted by Crippen LogP contribution is 2.65. The van der Waals surface area contributed by atoms with E-state index in [0.717, 1.165) is 11.1 Å². The van der Waals surface area contributed by atoms with Crippen LogP contribution in [-0.4, -0.2) is 0 Å². The molecule has 0 heterocycles. The Morgan fingerprint density at radius 1 is 0.889 bits per heavy atom. The lowest BCUT2D eigenvalue weighted by molar-refractivity contribution is 0.276. The predicted octanol–water partition coefficient (Wildman–Crippen LogP) is 2.21. The lowest BCUT2D eigenvalue weighted by atomic mass is 9.61. The summed E-state index contributed by atoms with van der Waals surface area (Å²) < 4.78 is 0. The van der Waals surface area contributed by atoms with Crippen molar-refractivity contribution in [2.75, 3.05) is 0 Å². The van der Waals surface area contributed by atoms with E-state index >= 15 is 0 Å². The molecule has 0 aromatic heterocycles. The molecule has 0 aliphatic heterocycles. The third-order valence-electron chi connectivity index (χ3n) is 4.00. The fraction of sp³-hybridized carbons (Fsp3) is 0.429. The Labute approximate surface area is 106 Å². The van der Waals surface area contributed by atoms with Crippen LogP contribution in [0.25, 0.3) is 0 Å². The topological polar surface area (TPSA) is 95.2 Å². The van der Waals surface area contributed by atoms with Gasteiger partial charge in [-0.2, -0.15) is 21.0 Å². The number of nitrogens with zero attached hydrogens (tertiary/aromatic N) is 4. The van der Waals surface area contributed by atoms with Crippen LogP contribution in [0, 0.1) is 68.0 Å². The quantitative estimate of drug-likeness (QED) is 0.600. The molecule has 2 aliphatic rings. The SMILES string of the molecule is CC(C)=C1C2C=CC1C(C#N)(C#N)C2(C#N)C#N. The van der Waals surface area contributed by atoms with E-state index in [9.17, 15) is 21.0 Å². The minimum Gasteiger partial charge on any atom is -0.196 e. The van der Waals surface area contributed by atoms with Crippen molar-refractivity contribution in [1.82, 2.24) is 0 Å². The van der Waals surface area contributed by atoms with Gasteiger partial charge in [-0.1, -0.05) is 23.3 Å². The molecule has 2 atom stereocenters. The van der Waals surface area contributed by atoms with Gasteiger partial charge in [-0.25, -0.2) is 0 Å². The Morgan fingerprint density at radius 3 is 1.44 bits per heavy atom. The van der Waals surface area contributed by atoms with Crippen LogP contribution in [0.15, 0.2) is 23.3 Å². The zero-order chi connectivity index (χ0) is 13.6. The first kappa shape index (κ1) is 11.9. The highest BCUT2D eigenvalue weighted by Gasteiger charge is 2.71. The second-order valence-corrected chi connectivity index (χ2v) is 4.86. The molecule has 0 saturated heterocycles. The Balaban J connectivity index is 2.88. The number of rotatable bonds is 0. The summed E-state index contributed by atoms with van der Waals surface area (Å²) in [7, 11) is 0. The second-order valence-electron chi connectivity index (χ2n) is 4.86. The van der Waals surface area contributed by atoms with Crippen molar-refractivity contribution in [1.29, 1.82) is 21.0 Å². The Morgan fingerprint density at radius 2 is 1.22 bits per heavy atom. The fourth-order valence-electron chi connectivity index (χ4n) is 3.17. The molecule has 0 spiro atoms. The van der Waals surface area contributed by atoms with Gasteiger partial charge in [0.2, 0.25) is 0 Å². The molecule has 1 saturated carbocycles. The van der Waals surface area contributed by atoms with Gasteiger partial charge in [0.15, 0.2) is 10.8 Å². The van der Waals surface area contributed by atoms with Crippen molar-refractivity contribution in [3.05, 3.63) is 23.3 Å². The average Bonchev–Trinajstić information content (AvgIpc) is 2.91. The van der Waals surface area contributed by atoms with Gasteiger partial charge in [0.05, 0.1) is 24.3 Å². The number of hydrogen-bond acceptors (Lipinski definition) is 4. The van der Waals surface area contributed by atoms with Gasteiger partial charge in [0, 0.05) is 11.8 Å². The summed E-state index contributed by atoms with van der Waals surface area (Å²) >= 11 is 0. The smallest absolute Gasteiger partial charge is 0.186 e. The molecule has 4 nitrogen and oxygen atoms in total. The average molecular weight is 234 g/mol. The van der Waals surface area contributed by atoms with Crippen LogP contribution in [0.4, 0.5) is 0 Å². The van der Waals surface area contributed by atoms with Gasteiger partial charge in [0.25, 0.3) is 0 Å². The van der Waals surface area contributed by atoms with Gasteiger partial charge < -0.3 is 0 Å². The Kier molecular flexibility index (Phi) is 2.29. The molecule has 2 aliphatic carbocycles. The van der Waals surface area contributed by atoms with E-state index < -0.39 is 22.7 Å². The molecular weight excluding hydrogens is 224 g/mol. The van der Waals surface area contributed by atoms with Crippen LogP contribution in [0.2, 0.25) is 0 Å². The summed E-state index contributed by atoms with van der Waals surface area (Å²) in [5, 5.41) is 37.6. The number of hydrogen-bond donors (Lipinski definition) is 0. The maximum absolute atomic E-state index is 9.40.